The topological polar surface area (TPSA) is 122 Å². The fourth-order valence-corrected chi connectivity index (χ4v) is 3.90. The fourth-order valence-electron chi connectivity index (χ4n) is 2.61. The number of hydrogen-bond acceptors (Lipinski definition) is 9. The first-order valence-corrected chi connectivity index (χ1v) is 10.6. The van der Waals surface area contributed by atoms with Crippen molar-refractivity contribution in [1.29, 1.82) is 5.26 Å². The first-order chi connectivity index (χ1) is 15.0. The van der Waals surface area contributed by atoms with Crippen molar-refractivity contribution >= 4 is 44.7 Å². The van der Waals surface area contributed by atoms with E-state index >= 15 is 0 Å². The second kappa shape index (κ2) is 8.86. The summed E-state index contributed by atoms with van der Waals surface area (Å²) in [5.41, 5.74) is 0.870. The zero-order chi connectivity index (χ0) is 21.8. The normalized spacial score (nSPS) is 11.3. The molecule has 0 unspecified atom stereocenters. The number of nitrogens with zero attached hydrogens (tertiary/aromatic N) is 5. The highest BCUT2D eigenvalue weighted by molar-refractivity contribution is 7.16. The monoisotopic (exact) mass is 450 g/mol. The number of aromatic nitrogens is 4. The molecular weight excluding hydrogens is 436 g/mol. The first kappa shape index (κ1) is 20.4. The fraction of sp³-hybridized carbons (Fsp3) is 0.100. The Morgan fingerprint density at radius 1 is 1.35 bits per heavy atom. The smallest absolute Gasteiger partial charge is 0.275 e. The van der Waals surface area contributed by atoms with Crippen molar-refractivity contribution in [3.05, 3.63) is 74.1 Å². The number of carbonyl (C=O) groups is 1. The molecule has 3 heterocycles. The van der Waals surface area contributed by atoms with Gasteiger partial charge in [-0.1, -0.05) is 23.5 Å². The molecular formula is C20H14N6O3S2. The molecule has 11 heteroatoms. The van der Waals surface area contributed by atoms with Crippen LogP contribution in [-0.2, 0) is 11.4 Å². The van der Waals surface area contributed by atoms with E-state index in [0.717, 1.165) is 5.01 Å². The van der Waals surface area contributed by atoms with Crippen LogP contribution in [0.4, 0.5) is 5.13 Å². The minimum Gasteiger partial charge on any atom is -0.487 e. The van der Waals surface area contributed by atoms with E-state index in [1.54, 1.807) is 35.8 Å². The average Bonchev–Trinajstić information content (AvgIpc) is 3.40. The highest BCUT2D eigenvalue weighted by atomic mass is 32.1. The standard InChI is InChI=1S/C20H14N6O3S2/c1-12-25-26-17(27)9-15(23-20(26)31-12)11-29-16-4-2-13(3-5-16)8-14(10-21)18(28)24-19-22-6-7-30-19/h2-9H,11H2,1H3,(H,22,24,28)/b14-8-. The summed E-state index contributed by atoms with van der Waals surface area (Å²) in [7, 11) is 0. The Morgan fingerprint density at radius 3 is 2.87 bits per heavy atom. The van der Waals surface area contributed by atoms with Gasteiger partial charge in [0.15, 0.2) is 5.13 Å². The quantitative estimate of drug-likeness (QED) is 0.354. The molecule has 0 fully saturated rings. The maximum absolute atomic E-state index is 12.2. The Hall–Kier alpha value is -3.88. The van der Waals surface area contributed by atoms with Crippen LogP contribution in [-0.4, -0.2) is 25.5 Å². The number of amides is 1. The predicted molar refractivity (Wildman–Crippen MR) is 117 cm³/mol. The molecule has 0 atom stereocenters. The highest BCUT2D eigenvalue weighted by Gasteiger charge is 2.11. The lowest BCUT2D eigenvalue weighted by Crippen LogP contribution is -2.16. The van der Waals surface area contributed by atoms with E-state index in [-0.39, 0.29) is 17.7 Å². The number of hydrogen-bond donors (Lipinski definition) is 1. The largest absolute Gasteiger partial charge is 0.487 e. The lowest BCUT2D eigenvalue weighted by molar-refractivity contribution is -0.112. The van der Waals surface area contributed by atoms with Gasteiger partial charge in [0.25, 0.3) is 11.5 Å². The Balaban J connectivity index is 1.43. The predicted octanol–water partition coefficient (Wildman–Crippen LogP) is 3.04. The second-order valence-corrected chi connectivity index (χ2v) is 8.27. The van der Waals surface area contributed by atoms with Gasteiger partial charge in [-0.2, -0.15) is 14.9 Å². The summed E-state index contributed by atoms with van der Waals surface area (Å²) in [6.45, 7) is 1.93. The molecule has 31 heavy (non-hydrogen) atoms. The summed E-state index contributed by atoms with van der Waals surface area (Å²) >= 11 is 2.60. The third-order valence-electron chi connectivity index (χ3n) is 3.99. The Morgan fingerprint density at radius 2 is 2.16 bits per heavy atom. The molecule has 0 aliphatic carbocycles. The average molecular weight is 451 g/mol. The number of benzene rings is 1. The minimum atomic E-state index is -0.524. The number of rotatable bonds is 6. The maximum Gasteiger partial charge on any atom is 0.275 e. The van der Waals surface area contributed by atoms with Gasteiger partial charge >= 0.3 is 0 Å². The van der Waals surface area contributed by atoms with Crippen LogP contribution in [0.1, 0.15) is 16.3 Å². The number of aryl methyl sites for hydroxylation is 1. The third-order valence-corrected chi connectivity index (χ3v) is 5.51. The summed E-state index contributed by atoms with van der Waals surface area (Å²) in [5.74, 6) is 0.0363. The van der Waals surface area contributed by atoms with E-state index in [4.69, 9.17) is 4.74 Å². The molecule has 0 aliphatic rings. The Kier molecular flexibility index (Phi) is 5.83. The number of ether oxygens (including phenoxy) is 1. The Labute approximate surface area is 183 Å². The van der Waals surface area contributed by atoms with Gasteiger partial charge < -0.3 is 4.74 Å². The number of nitrogens with one attached hydrogen (secondary N) is 1. The van der Waals surface area contributed by atoms with E-state index < -0.39 is 5.91 Å². The summed E-state index contributed by atoms with van der Waals surface area (Å²) in [6.07, 6.45) is 3.05. The van der Waals surface area contributed by atoms with Gasteiger partial charge in [0, 0.05) is 17.6 Å². The summed E-state index contributed by atoms with van der Waals surface area (Å²) in [5, 5.41) is 18.9. The Bertz CT molecular complexity index is 1360. The van der Waals surface area contributed by atoms with Crippen molar-refractivity contribution in [2.24, 2.45) is 0 Å². The van der Waals surface area contributed by atoms with Crippen molar-refractivity contribution in [2.75, 3.05) is 5.32 Å². The highest BCUT2D eigenvalue weighted by Crippen LogP contribution is 2.18. The molecule has 3 aromatic heterocycles. The number of carbonyl (C=O) groups excluding carboxylic acids is 1. The first-order valence-electron chi connectivity index (χ1n) is 8.94. The van der Waals surface area contributed by atoms with Crippen molar-refractivity contribution in [3.63, 3.8) is 0 Å². The molecule has 0 saturated heterocycles. The van der Waals surface area contributed by atoms with Crippen LogP contribution >= 0.6 is 22.7 Å². The van der Waals surface area contributed by atoms with E-state index in [2.05, 4.69) is 20.4 Å². The molecule has 4 aromatic rings. The molecule has 0 radical (unpaired) electrons. The van der Waals surface area contributed by atoms with E-state index in [1.165, 1.54) is 39.3 Å². The molecule has 0 aliphatic heterocycles. The molecule has 154 valence electrons. The van der Waals surface area contributed by atoms with Gasteiger partial charge in [0.2, 0.25) is 4.96 Å². The number of nitriles is 1. The lowest BCUT2D eigenvalue weighted by Gasteiger charge is -2.06. The lowest BCUT2D eigenvalue weighted by atomic mass is 10.1. The van der Waals surface area contributed by atoms with Crippen LogP contribution < -0.4 is 15.6 Å². The van der Waals surface area contributed by atoms with Gasteiger partial charge in [-0.15, -0.1) is 11.3 Å². The summed E-state index contributed by atoms with van der Waals surface area (Å²) in [6, 6.07) is 10.2. The summed E-state index contributed by atoms with van der Waals surface area (Å²) in [4.78, 5) is 33.2. The molecule has 0 spiro atoms. The van der Waals surface area contributed by atoms with Crippen LogP contribution in [0.15, 0.2) is 52.3 Å². The van der Waals surface area contributed by atoms with Gasteiger partial charge in [-0.3, -0.25) is 14.9 Å². The third kappa shape index (κ3) is 4.82. The van der Waals surface area contributed by atoms with Crippen molar-refractivity contribution in [2.45, 2.75) is 13.5 Å². The molecule has 4 rings (SSSR count). The van der Waals surface area contributed by atoms with Crippen LogP contribution in [0.2, 0.25) is 0 Å². The molecule has 1 amide bonds. The molecule has 9 nitrogen and oxygen atoms in total. The van der Waals surface area contributed by atoms with Crippen molar-refractivity contribution in [1.82, 2.24) is 19.6 Å². The number of anilines is 1. The van der Waals surface area contributed by atoms with Crippen LogP contribution in [0, 0.1) is 18.3 Å². The van der Waals surface area contributed by atoms with Crippen LogP contribution in [0.5, 0.6) is 5.75 Å². The van der Waals surface area contributed by atoms with Gasteiger partial charge in [-0.25, -0.2) is 9.97 Å². The summed E-state index contributed by atoms with van der Waals surface area (Å²) < 4.78 is 6.97. The SMILES string of the molecule is Cc1nn2c(=O)cc(COc3ccc(/C=C(/C#N)C(=O)Nc4nccs4)cc3)nc2s1. The van der Waals surface area contributed by atoms with Gasteiger partial charge in [0.1, 0.15) is 29.0 Å². The van der Waals surface area contributed by atoms with Crippen LogP contribution in [0.3, 0.4) is 0 Å². The molecule has 0 bridgehead atoms. The van der Waals surface area contributed by atoms with E-state index in [9.17, 15) is 14.9 Å². The zero-order valence-electron chi connectivity index (χ0n) is 16.1. The van der Waals surface area contributed by atoms with Crippen molar-refractivity contribution in [3.8, 4) is 11.8 Å². The maximum atomic E-state index is 12.2. The van der Waals surface area contributed by atoms with E-state index in [0.29, 0.717) is 27.1 Å². The van der Waals surface area contributed by atoms with Gasteiger partial charge in [-0.05, 0) is 30.7 Å². The number of fused-ring (bicyclic) bond motifs is 1. The molecule has 0 saturated carbocycles. The molecule has 1 aromatic carbocycles. The molecule has 1 N–H and O–H groups in total. The minimum absolute atomic E-state index is 0.0401. The van der Waals surface area contributed by atoms with Crippen molar-refractivity contribution < 1.29 is 9.53 Å². The zero-order valence-corrected chi connectivity index (χ0v) is 17.7. The number of thiazole rings is 1. The second-order valence-electron chi connectivity index (χ2n) is 6.22. The van der Waals surface area contributed by atoms with Crippen LogP contribution in [0.25, 0.3) is 11.0 Å². The van der Waals surface area contributed by atoms with E-state index in [1.807, 2.05) is 13.0 Å². The van der Waals surface area contributed by atoms with Gasteiger partial charge in [0.05, 0.1) is 5.69 Å².